The Morgan fingerprint density at radius 1 is 1.12 bits per heavy atom. The van der Waals surface area contributed by atoms with Gasteiger partial charge in [-0.15, -0.1) is 12.4 Å². The van der Waals surface area contributed by atoms with Crippen LogP contribution in [0.15, 0.2) is 42.5 Å². The fraction of sp³-hybridized carbons (Fsp3) is 0.350. The summed E-state index contributed by atoms with van der Waals surface area (Å²) in [6.07, 6.45) is 2.12. The van der Waals surface area contributed by atoms with Crippen molar-refractivity contribution >= 4 is 29.9 Å². The molecule has 0 radical (unpaired) electrons. The maximum absolute atomic E-state index is 13.0. The first-order valence-corrected chi connectivity index (χ1v) is 9.05. The Hall–Kier alpha value is -1.75. The van der Waals surface area contributed by atoms with Gasteiger partial charge in [-0.3, -0.25) is 4.79 Å². The van der Waals surface area contributed by atoms with Gasteiger partial charge >= 0.3 is 0 Å². The van der Waals surface area contributed by atoms with Crippen LogP contribution < -0.4 is 5.73 Å². The molecule has 138 valence electrons. The van der Waals surface area contributed by atoms with Crippen LogP contribution in [-0.2, 0) is 0 Å². The number of rotatable bonds is 2. The molecule has 3 N–H and O–H groups in total. The van der Waals surface area contributed by atoms with Crippen LogP contribution in [0.5, 0.6) is 5.75 Å². The summed E-state index contributed by atoms with van der Waals surface area (Å²) in [6, 6.07) is 13.3. The number of phenols is 1. The maximum Gasteiger partial charge on any atom is 0.257 e. The number of aromatic hydroxyl groups is 1. The SMILES string of the molecule is Cl.NC1CCC2CN(C(=O)c3cc(-c4ccccc4)cc(Cl)c3O)CC12. The zero-order chi connectivity index (χ0) is 17.6. The standard InChI is InChI=1S/C20H21ClN2O2.ClH/c21-17-9-14(12-4-2-1-3-5-12)8-15(19(17)24)20(25)23-10-13-6-7-18(22)16(13)11-23;/h1-5,8-9,13,16,18,24H,6-7,10-11,22H2;1H. The van der Waals surface area contributed by atoms with E-state index in [0.717, 1.165) is 24.0 Å². The zero-order valence-electron chi connectivity index (χ0n) is 14.3. The number of carbonyl (C=O) groups is 1. The summed E-state index contributed by atoms with van der Waals surface area (Å²) in [7, 11) is 0. The zero-order valence-corrected chi connectivity index (χ0v) is 15.8. The van der Waals surface area contributed by atoms with Gasteiger partial charge in [-0.05, 0) is 47.9 Å². The predicted molar refractivity (Wildman–Crippen MR) is 106 cm³/mol. The number of phenolic OH excluding ortho intramolecular Hbond substituents is 1. The van der Waals surface area contributed by atoms with E-state index in [-0.39, 0.29) is 40.7 Å². The molecule has 1 saturated carbocycles. The Morgan fingerprint density at radius 2 is 1.85 bits per heavy atom. The number of fused-ring (bicyclic) bond motifs is 1. The molecule has 1 saturated heterocycles. The largest absolute Gasteiger partial charge is 0.506 e. The third-order valence-corrected chi connectivity index (χ3v) is 5.89. The van der Waals surface area contributed by atoms with Gasteiger partial charge in [0, 0.05) is 19.1 Å². The summed E-state index contributed by atoms with van der Waals surface area (Å²) in [4.78, 5) is 14.8. The smallest absolute Gasteiger partial charge is 0.257 e. The molecule has 0 aromatic heterocycles. The summed E-state index contributed by atoms with van der Waals surface area (Å²) in [5.41, 5.74) is 8.21. The topological polar surface area (TPSA) is 66.6 Å². The third-order valence-electron chi connectivity index (χ3n) is 5.60. The Kier molecular flexibility index (Phi) is 5.47. The van der Waals surface area contributed by atoms with Crippen molar-refractivity contribution in [2.75, 3.05) is 13.1 Å². The van der Waals surface area contributed by atoms with Crippen molar-refractivity contribution in [1.82, 2.24) is 4.90 Å². The molecule has 6 heteroatoms. The van der Waals surface area contributed by atoms with E-state index >= 15 is 0 Å². The molecule has 26 heavy (non-hydrogen) atoms. The van der Waals surface area contributed by atoms with E-state index < -0.39 is 0 Å². The highest BCUT2D eigenvalue weighted by atomic mass is 35.5. The quantitative estimate of drug-likeness (QED) is 0.812. The number of nitrogens with zero attached hydrogens (tertiary/aromatic N) is 1. The molecular formula is C20H22Cl2N2O2. The Balaban J connectivity index is 0.00000196. The molecule has 3 atom stereocenters. The van der Waals surface area contributed by atoms with Crippen LogP contribution in [0.25, 0.3) is 11.1 Å². The number of benzene rings is 2. The van der Waals surface area contributed by atoms with Crippen LogP contribution in [0.1, 0.15) is 23.2 Å². The van der Waals surface area contributed by atoms with Gasteiger partial charge in [-0.1, -0.05) is 41.9 Å². The monoisotopic (exact) mass is 392 g/mol. The normalized spacial score (nSPS) is 24.2. The first kappa shape index (κ1) is 19.0. The van der Waals surface area contributed by atoms with Crippen molar-refractivity contribution in [1.29, 1.82) is 0 Å². The van der Waals surface area contributed by atoms with Gasteiger partial charge in [-0.25, -0.2) is 0 Å². The minimum absolute atomic E-state index is 0. The Labute approximate surface area is 164 Å². The molecule has 0 spiro atoms. The minimum Gasteiger partial charge on any atom is -0.506 e. The third kappa shape index (κ3) is 3.29. The van der Waals surface area contributed by atoms with E-state index in [1.807, 2.05) is 35.2 Å². The van der Waals surface area contributed by atoms with Gasteiger partial charge in [0.05, 0.1) is 10.6 Å². The molecule has 1 aliphatic heterocycles. The molecule has 1 aliphatic carbocycles. The van der Waals surface area contributed by atoms with Gasteiger partial charge in [0.15, 0.2) is 0 Å². The average molecular weight is 393 g/mol. The number of hydrogen-bond acceptors (Lipinski definition) is 3. The van der Waals surface area contributed by atoms with Gasteiger partial charge in [-0.2, -0.15) is 0 Å². The second kappa shape index (κ2) is 7.47. The maximum atomic E-state index is 13.0. The van der Waals surface area contributed by atoms with Crippen LogP contribution in [-0.4, -0.2) is 35.0 Å². The number of halogens is 2. The van der Waals surface area contributed by atoms with E-state index in [2.05, 4.69) is 0 Å². The number of likely N-dealkylation sites (tertiary alicyclic amines) is 1. The van der Waals surface area contributed by atoms with Crippen molar-refractivity contribution in [2.24, 2.45) is 17.6 Å². The second-order valence-electron chi connectivity index (χ2n) is 7.10. The molecule has 2 fully saturated rings. The fourth-order valence-electron chi connectivity index (χ4n) is 4.20. The predicted octanol–water partition coefficient (Wildman–Crippen LogP) is 3.94. The molecule has 1 amide bonds. The van der Waals surface area contributed by atoms with Crippen molar-refractivity contribution in [2.45, 2.75) is 18.9 Å². The lowest BCUT2D eigenvalue weighted by atomic mass is 9.98. The van der Waals surface area contributed by atoms with Crippen LogP contribution in [0.3, 0.4) is 0 Å². The molecule has 0 bridgehead atoms. The van der Waals surface area contributed by atoms with Crippen molar-refractivity contribution < 1.29 is 9.90 Å². The second-order valence-corrected chi connectivity index (χ2v) is 7.50. The van der Waals surface area contributed by atoms with Gasteiger partial charge in [0.2, 0.25) is 0 Å². The highest BCUT2D eigenvalue weighted by Crippen LogP contribution is 2.39. The van der Waals surface area contributed by atoms with Crippen molar-refractivity contribution in [3.05, 3.63) is 53.1 Å². The molecule has 2 aromatic carbocycles. The highest BCUT2D eigenvalue weighted by molar-refractivity contribution is 6.33. The molecule has 1 heterocycles. The minimum atomic E-state index is -0.168. The first-order chi connectivity index (χ1) is 12.0. The van der Waals surface area contributed by atoms with E-state index in [4.69, 9.17) is 17.3 Å². The number of carbonyl (C=O) groups excluding carboxylic acids is 1. The molecule has 4 nitrogen and oxygen atoms in total. The van der Waals surface area contributed by atoms with Gasteiger partial charge in [0.25, 0.3) is 5.91 Å². The van der Waals surface area contributed by atoms with E-state index in [0.29, 0.717) is 24.9 Å². The first-order valence-electron chi connectivity index (χ1n) is 8.67. The summed E-state index contributed by atoms with van der Waals surface area (Å²) < 4.78 is 0. The van der Waals surface area contributed by atoms with Crippen molar-refractivity contribution in [3.63, 3.8) is 0 Å². The summed E-state index contributed by atoms with van der Waals surface area (Å²) in [6.45, 7) is 1.38. The molecule has 2 aromatic rings. The molecule has 3 unspecified atom stereocenters. The van der Waals surface area contributed by atoms with Crippen LogP contribution in [0, 0.1) is 11.8 Å². The summed E-state index contributed by atoms with van der Waals surface area (Å²) in [5, 5.41) is 10.5. The lowest BCUT2D eigenvalue weighted by Gasteiger charge is -2.20. The lowest BCUT2D eigenvalue weighted by molar-refractivity contribution is 0.0776. The highest BCUT2D eigenvalue weighted by Gasteiger charge is 2.43. The number of nitrogens with two attached hydrogens (primary N) is 1. The van der Waals surface area contributed by atoms with Gasteiger partial charge < -0.3 is 15.7 Å². The average Bonchev–Trinajstić information content (AvgIpc) is 3.20. The Bertz CT molecular complexity index is 813. The van der Waals surface area contributed by atoms with Crippen molar-refractivity contribution in [3.8, 4) is 16.9 Å². The molecule has 2 aliphatic rings. The van der Waals surface area contributed by atoms with E-state index in [1.165, 1.54) is 0 Å². The lowest BCUT2D eigenvalue weighted by Crippen LogP contribution is -2.33. The van der Waals surface area contributed by atoms with Crippen LogP contribution >= 0.6 is 24.0 Å². The molecular weight excluding hydrogens is 371 g/mol. The van der Waals surface area contributed by atoms with Crippen LogP contribution in [0.2, 0.25) is 5.02 Å². The van der Waals surface area contributed by atoms with E-state index in [1.54, 1.807) is 12.1 Å². The molecule has 4 rings (SSSR count). The Morgan fingerprint density at radius 3 is 2.54 bits per heavy atom. The van der Waals surface area contributed by atoms with Gasteiger partial charge in [0.1, 0.15) is 5.75 Å². The number of hydrogen-bond donors (Lipinski definition) is 2. The van der Waals surface area contributed by atoms with Crippen LogP contribution in [0.4, 0.5) is 0 Å². The fourth-order valence-corrected chi connectivity index (χ4v) is 4.42. The van der Waals surface area contributed by atoms with E-state index in [9.17, 15) is 9.90 Å². The summed E-state index contributed by atoms with van der Waals surface area (Å²) >= 11 is 6.20. The number of amides is 1. The summed E-state index contributed by atoms with van der Waals surface area (Å²) in [5.74, 6) is 0.541.